The van der Waals surface area contributed by atoms with Gasteiger partial charge in [-0.2, -0.15) is 0 Å². The zero-order valence-corrected chi connectivity index (χ0v) is 12.7. The molecular weight excluding hydrogens is 260 g/mol. The largest absolute Gasteiger partial charge is 0.299 e. The lowest BCUT2D eigenvalue weighted by Gasteiger charge is -2.50. The minimum Gasteiger partial charge on any atom is -0.299 e. The summed E-state index contributed by atoms with van der Waals surface area (Å²) in [5.41, 5.74) is 5.92. The third-order valence-electron chi connectivity index (χ3n) is 5.76. The molecule has 1 aromatic rings. The molecule has 114 valence electrons. The Morgan fingerprint density at radius 3 is 2.24 bits per heavy atom. The van der Waals surface area contributed by atoms with Crippen LogP contribution in [0.4, 0.5) is 0 Å². The minimum absolute atomic E-state index is 0.239. The molecule has 2 unspecified atom stereocenters. The van der Waals surface area contributed by atoms with E-state index in [1.807, 2.05) is 0 Å². The molecule has 0 spiro atoms. The standard InChI is InChI=1S/C17H26N4/c18-19-17(16-12-20-8-10-21(16)11-9-20)15-6-4-14(5-7-15)13-2-1-3-13/h4-7,13,16-17,19H,1-3,8-12,18H2. The van der Waals surface area contributed by atoms with E-state index >= 15 is 0 Å². The van der Waals surface area contributed by atoms with Crippen molar-refractivity contribution >= 4 is 0 Å². The molecule has 4 heteroatoms. The summed E-state index contributed by atoms with van der Waals surface area (Å²) in [6.07, 6.45) is 4.12. The number of hydrogen-bond acceptors (Lipinski definition) is 4. The average Bonchev–Trinajstić information content (AvgIpc) is 2.49. The molecule has 2 bridgehead atoms. The highest BCUT2D eigenvalue weighted by atomic mass is 15.4. The highest BCUT2D eigenvalue weighted by Crippen LogP contribution is 2.37. The summed E-state index contributed by atoms with van der Waals surface area (Å²) in [6.45, 7) is 5.94. The van der Waals surface area contributed by atoms with Crippen LogP contribution in [0.3, 0.4) is 0 Å². The number of nitrogens with two attached hydrogens (primary N) is 1. The quantitative estimate of drug-likeness (QED) is 0.650. The SMILES string of the molecule is NNC(c1ccc(C2CCC2)cc1)C1CN2CCN1CC2. The Balaban J connectivity index is 1.52. The number of hydrazine groups is 1. The van der Waals surface area contributed by atoms with Gasteiger partial charge in [0.2, 0.25) is 0 Å². The maximum Gasteiger partial charge on any atom is 0.0627 e. The molecule has 4 nitrogen and oxygen atoms in total. The van der Waals surface area contributed by atoms with Gasteiger partial charge in [-0.15, -0.1) is 0 Å². The van der Waals surface area contributed by atoms with E-state index in [2.05, 4.69) is 39.5 Å². The van der Waals surface area contributed by atoms with Crippen LogP contribution in [0.1, 0.15) is 42.3 Å². The summed E-state index contributed by atoms with van der Waals surface area (Å²) < 4.78 is 0. The average molecular weight is 286 g/mol. The first-order valence-corrected chi connectivity index (χ1v) is 8.37. The van der Waals surface area contributed by atoms with Gasteiger partial charge in [-0.1, -0.05) is 30.7 Å². The highest BCUT2D eigenvalue weighted by molar-refractivity contribution is 5.29. The molecule has 21 heavy (non-hydrogen) atoms. The number of piperazine rings is 3. The summed E-state index contributed by atoms with van der Waals surface area (Å²) in [5.74, 6) is 6.72. The van der Waals surface area contributed by atoms with E-state index in [0.29, 0.717) is 6.04 Å². The topological polar surface area (TPSA) is 44.5 Å². The fraction of sp³-hybridized carbons (Fsp3) is 0.647. The van der Waals surface area contributed by atoms with Crippen molar-refractivity contribution in [3.8, 4) is 0 Å². The molecule has 0 amide bonds. The maximum atomic E-state index is 5.91. The fourth-order valence-electron chi connectivity index (χ4n) is 4.12. The van der Waals surface area contributed by atoms with Crippen LogP contribution in [-0.4, -0.2) is 48.6 Å². The Hall–Kier alpha value is -0.940. The fourth-order valence-corrected chi connectivity index (χ4v) is 4.12. The van der Waals surface area contributed by atoms with Gasteiger partial charge in [-0.05, 0) is 29.9 Å². The van der Waals surface area contributed by atoms with Crippen molar-refractivity contribution in [2.45, 2.75) is 37.3 Å². The van der Waals surface area contributed by atoms with E-state index in [-0.39, 0.29) is 6.04 Å². The molecule has 2 atom stereocenters. The van der Waals surface area contributed by atoms with Gasteiger partial charge >= 0.3 is 0 Å². The zero-order valence-electron chi connectivity index (χ0n) is 12.7. The number of nitrogens with zero attached hydrogens (tertiary/aromatic N) is 2. The van der Waals surface area contributed by atoms with Crippen LogP contribution < -0.4 is 11.3 Å². The van der Waals surface area contributed by atoms with Crippen LogP contribution in [-0.2, 0) is 0 Å². The molecule has 0 aromatic heterocycles. The molecule has 3 saturated heterocycles. The van der Waals surface area contributed by atoms with Crippen molar-refractivity contribution in [3.63, 3.8) is 0 Å². The molecule has 4 aliphatic rings. The van der Waals surface area contributed by atoms with E-state index in [1.54, 1.807) is 0 Å². The normalized spacial score (nSPS) is 33.7. The Kier molecular flexibility index (Phi) is 3.71. The number of benzene rings is 1. The van der Waals surface area contributed by atoms with Crippen molar-refractivity contribution in [2.24, 2.45) is 5.84 Å². The van der Waals surface area contributed by atoms with E-state index in [4.69, 9.17) is 5.84 Å². The second kappa shape index (κ2) is 5.69. The van der Waals surface area contributed by atoms with Crippen LogP contribution in [0, 0.1) is 0 Å². The summed E-state index contributed by atoms with van der Waals surface area (Å²) in [6, 6.07) is 9.96. The molecule has 3 N–H and O–H groups in total. The van der Waals surface area contributed by atoms with Crippen LogP contribution in [0.2, 0.25) is 0 Å². The Labute approximate surface area is 127 Å². The third kappa shape index (κ3) is 2.50. The first-order chi connectivity index (χ1) is 10.3. The Morgan fingerprint density at radius 1 is 1.05 bits per heavy atom. The molecule has 1 saturated carbocycles. The predicted molar refractivity (Wildman–Crippen MR) is 84.9 cm³/mol. The lowest BCUT2D eigenvalue weighted by Crippen LogP contribution is -2.64. The van der Waals surface area contributed by atoms with Gasteiger partial charge in [0.15, 0.2) is 0 Å². The van der Waals surface area contributed by atoms with Gasteiger partial charge in [0.1, 0.15) is 0 Å². The number of rotatable bonds is 4. The first-order valence-electron chi connectivity index (χ1n) is 8.37. The molecule has 1 aromatic carbocycles. The van der Waals surface area contributed by atoms with E-state index in [0.717, 1.165) is 12.5 Å². The zero-order chi connectivity index (χ0) is 14.2. The Morgan fingerprint density at radius 2 is 1.76 bits per heavy atom. The van der Waals surface area contributed by atoms with Gasteiger partial charge in [0.25, 0.3) is 0 Å². The Bertz CT molecular complexity index is 474. The third-order valence-corrected chi connectivity index (χ3v) is 5.76. The summed E-state index contributed by atoms with van der Waals surface area (Å²) in [7, 11) is 0. The highest BCUT2D eigenvalue weighted by Gasteiger charge is 2.37. The van der Waals surface area contributed by atoms with Crippen molar-refractivity contribution in [1.29, 1.82) is 0 Å². The number of nitrogens with one attached hydrogen (secondary N) is 1. The number of fused-ring (bicyclic) bond motifs is 3. The molecule has 3 aliphatic heterocycles. The van der Waals surface area contributed by atoms with Crippen molar-refractivity contribution in [3.05, 3.63) is 35.4 Å². The molecular formula is C17H26N4. The smallest absolute Gasteiger partial charge is 0.0627 e. The molecule has 5 rings (SSSR count). The van der Waals surface area contributed by atoms with Crippen molar-refractivity contribution in [1.82, 2.24) is 15.2 Å². The number of hydrogen-bond donors (Lipinski definition) is 2. The lowest BCUT2D eigenvalue weighted by molar-refractivity contribution is -0.00369. The van der Waals surface area contributed by atoms with Gasteiger partial charge in [-0.3, -0.25) is 21.1 Å². The minimum atomic E-state index is 0.239. The van der Waals surface area contributed by atoms with Crippen LogP contribution in [0.15, 0.2) is 24.3 Å². The summed E-state index contributed by atoms with van der Waals surface area (Å²) >= 11 is 0. The lowest BCUT2D eigenvalue weighted by atomic mass is 9.79. The van der Waals surface area contributed by atoms with Crippen molar-refractivity contribution in [2.75, 3.05) is 32.7 Å². The van der Waals surface area contributed by atoms with Crippen LogP contribution in [0.5, 0.6) is 0 Å². The van der Waals surface area contributed by atoms with Gasteiger partial charge in [-0.25, -0.2) is 0 Å². The van der Waals surface area contributed by atoms with Crippen molar-refractivity contribution < 1.29 is 0 Å². The monoisotopic (exact) mass is 286 g/mol. The predicted octanol–water partition coefficient (Wildman–Crippen LogP) is 1.46. The maximum absolute atomic E-state index is 5.91. The van der Waals surface area contributed by atoms with Crippen LogP contribution in [0.25, 0.3) is 0 Å². The second-order valence-corrected chi connectivity index (χ2v) is 6.84. The molecule has 1 aliphatic carbocycles. The summed E-state index contributed by atoms with van der Waals surface area (Å²) in [5, 5.41) is 0. The van der Waals surface area contributed by atoms with E-state index < -0.39 is 0 Å². The molecule has 0 radical (unpaired) electrons. The second-order valence-electron chi connectivity index (χ2n) is 6.84. The van der Waals surface area contributed by atoms with Crippen LogP contribution >= 0.6 is 0 Å². The van der Waals surface area contributed by atoms with E-state index in [1.165, 1.54) is 56.6 Å². The molecule has 4 fully saturated rings. The summed E-state index contributed by atoms with van der Waals surface area (Å²) in [4.78, 5) is 5.17. The first kappa shape index (κ1) is 13.7. The van der Waals surface area contributed by atoms with Gasteiger partial charge < -0.3 is 0 Å². The van der Waals surface area contributed by atoms with E-state index in [9.17, 15) is 0 Å². The molecule has 3 heterocycles. The van der Waals surface area contributed by atoms with Gasteiger partial charge in [0.05, 0.1) is 6.04 Å². The van der Waals surface area contributed by atoms with Gasteiger partial charge in [0, 0.05) is 38.8 Å².